The Hall–Kier alpha value is -2.08. The van der Waals surface area contributed by atoms with Crippen molar-refractivity contribution in [2.75, 3.05) is 18.5 Å². The van der Waals surface area contributed by atoms with Crippen LogP contribution in [0.15, 0.2) is 59.5 Å². The molecular weight excluding hydrogens is 281 g/mol. The second kappa shape index (κ2) is 6.38. The highest BCUT2D eigenvalue weighted by Gasteiger charge is 2.10. The Bertz CT molecular complexity index is 642. The molecule has 0 unspecified atom stereocenters. The number of halogens is 1. The molecule has 0 aliphatic rings. The van der Waals surface area contributed by atoms with E-state index in [4.69, 9.17) is 4.74 Å². The normalized spacial score (nSPS) is 11.1. The smallest absolute Gasteiger partial charge is 0.332 e. The van der Waals surface area contributed by atoms with Crippen LogP contribution in [0.25, 0.3) is 0 Å². The fourth-order valence-electron chi connectivity index (χ4n) is 1.62. The summed E-state index contributed by atoms with van der Waals surface area (Å²) in [5.74, 6) is 0.493. The van der Waals surface area contributed by atoms with Gasteiger partial charge in [-0.2, -0.15) is 8.42 Å². The van der Waals surface area contributed by atoms with Gasteiger partial charge in [-0.25, -0.2) is 0 Å². The van der Waals surface area contributed by atoms with E-state index in [1.807, 2.05) is 30.3 Å². The minimum absolute atomic E-state index is 0.368. The fraction of sp³-hybridized carbons (Fsp3) is 0.143. The average Bonchev–Trinajstić information content (AvgIpc) is 2.44. The van der Waals surface area contributed by atoms with Crippen LogP contribution in [0.3, 0.4) is 0 Å². The molecule has 0 saturated heterocycles. The van der Waals surface area contributed by atoms with Crippen molar-refractivity contribution in [3.8, 4) is 5.75 Å². The number of nitrogens with one attached hydrogen (secondary N) is 1. The Labute approximate surface area is 117 Å². The predicted molar refractivity (Wildman–Crippen MR) is 75.2 cm³/mol. The zero-order valence-corrected chi connectivity index (χ0v) is 11.4. The lowest BCUT2D eigenvalue weighted by Crippen LogP contribution is -2.11. The molecule has 0 aliphatic heterocycles. The van der Waals surface area contributed by atoms with Gasteiger partial charge in [-0.3, -0.25) is 0 Å². The second-order valence-electron chi connectivity index (χ2n) is 4.05. The summed E-state index contributed by atoms with van der Waals surface area (Å²) in [5.41, 5.74) is 0.995. The van der Waals surface area contributed by atoms with E-state index in [-0.39, 0.29) is 4.90 Å². The first-order valence-corrected chi connectivity index (χ1v) is 7.40. The van der Waals surface area contributed by atoms with Gasteiger partial charge in [0.15, 0.2) is 0 Å². The number of ether oxygens (including phenoxy) is 1. The van der Waals surface area contributed by atoms with Crippen molar-refractivity contribution in [2.24, 2.45) is 0 Å². The number of anilines is 1. The maximum atomic E-state index is 12.7. The molecule has 0 radical (unpaired) electrons. The predicted octanol–water partition coefficient (Wildman–Crippen LogP) is 2.84. The van der Waals surface area contributed by atoms with Crippen LogP contribution in [0.5, 0.6) is 5.75 Å². The third kappa shape index (κ3) is 4.24. The Morgan fingerprint density at radius 3 is 2.25 bits per heavy atom. The van der Waals surface area contributed by atoms with E-state index < -0.39 is 10.2 Å². The summed E-state index contributed by atoms with van der Waals surface area (Å²) < 4.78 is 39.4. The summed E-state index contributed by atoms with van der Waals surface area (Å²) >= 11 is 0. The lowest BCUT2D eigenvalue weighted by atomic mass is 10.3. The van der Waals surface area contributed by atoms with Crippen molar-refractivity contribution in [3.05, 3.63) is 54.6 Å². The average molecular weight is 295 g/mol. The van der Waals surface area contributed by atoms with E-state index >= 15 is 0 Å². The summed E-state index contributed by atoms with van der Waals surface area (Å²) in [6.45, 7) is 1.02. The van der Waals surface area contributed by atoms with Crippen molar-refractivity contribution in [1.29, 1.82) is 0 Å². The van der Waals surface area contributed by atoms with Gasteiger partial charge in [-0.15, -0.1) is 3.89 Å². The van der Waals surface area contributed by atoms with Gasteiger partial charge in [0, 0.05) is 12.2 Å². The van der Waals surface area contributed by atoms with Crippen LogP contribution in [0.2, 0.25) is 0 Å². The molecule has 0 heterocycles. The van der Waals surface area contributed by atoms with Crippen molar-refractivity contribution >= 4 is 15.9 Å². The molecule has 2 aromatic carbocycles. The molecule has 1 N–H and O–H groups in total. The second-order valence-corrected chi connectivity index (χ2v) is 5.40. The van der Waals surface area contributed by atoms with Gasteiger partial charge < -0.3 is 10.1 Å². The molecule has 106 valence electrons. The Kier molecular flexibility index (Phi) is 4.57. The van der Waals surface area contributed by atoms with E-state index in [1.165, 1.54) is 24.3 Å². The van der Waals surface area contributed by atoms with Crippen LogP contribution >= 0.6 is 0 Å². The molecule has 0 atom stereocenters. The standard InChI is InChI=1S/C14H14FNO3S/c15-20(17,18)14-8-6-13(7-9-14)19-11-10-16-12-4-2-1-3-5-12/h1-9,16H,10-11H2. The van der Waals surface area contributed by atoms with Gasteiger partial charge in [0.1, 0.15) is 12.4 Å². The van der Waals surface area contributed by atoms with E-state index in [9.17, 15) is 12.3 Å². The van der Waals surface area contributed by atoms with E-state index in [2.05, 4.69) is 5.32 Å². The topological polar surface area (TPSA) is 55.4 Å². The van der Waals surface area contributed by atoms with Crippen molar-refractivity contribution in [2.45, 2.75) is 4.90 Å². The van der Waals surface area contributed by atoms with Crippen molar-refractivity contribution in [1.82, 2.24) is 0 Å². The first-order chi connectivity index (χ1) is 9.55. The third-order valence-electron chi connectivity index (χ3n) is 2.58. The molecule has 2 rings (SSSR count). The zero-order chi connectivity index (χ0) is 14.4. The summed E-state index contributed by atoms with van der Waals surface area (Å²) in [5, 5.41) is 3.17. The Morgan fingerprint density at radius 1 is 1.00 bits per heavy atom. The molecule has 20 heavy (non-hydrogen) atoms. The maximum Gasteiger partial charge on any atom is 0.332 e. The fourth-order valence-corrected chi connectivity index (χ4v) is 2.08. The van der Waals surface area contributed by atoms with Crippen LogP contribution in [0.1, 0.15) is 0 Å². The van der Waals surface area contributed by atoms with Gasteiger partial charge in [0.25, 0.3) is 0 Å². The van der Waals surface area contributed by atoms with Gasteiger partial charge in [0.2, 0.25) is 0 Å². The van der Waals surface area contributed by atoms with Gasteiger partial charge in [-0.05, 0) is 36.4 Å². The maximum absolute atomic E-state index is 12.7. The third-order valence-corrected chi connectivity index (χ3v) is 3.41. The molecule has 2 aromatic rings. The quantitative estimate of drug-likeness (QED) is 0.657. The van der Waals surface area contributed by atoms with Crippen LogP contribution in [-0.4, -0.2) is 21.6 Å². The molecule has 4 nitrogen and oxygen atoms in total. The number of para-hydroxylation sites is 1. The van der Waals surface area contributed by atoms with E-state index in [0.717, 1.165) is 5.69 Å². The minimum Gasteiger partial charge on any atom is -0.492 e. The molecule has 6 heteroatoms. The SMILES string of the molecule is O=S(=O)(F)c1ccc(OCCNc2ccccc2)cc1. The van der Waals surface area contributed by atoms with Crippen molar-refractivity contribution < 1.29 is 17.0 Å². The summed E-state index contributed by atoms with van der Waals surface area (Å²) in [7, 11) is -4.65. The lowest BCUT2D eigenvalue weighted by Gasteiger charge is -2.08. The van der Waals surface area contributed by atoms with Crippen molar-refractivity contribution in [3.63, 3.8) is 0 Å². The monoisotopic (exact) mass is 295 g/mol. The Morgan fingerprint density at radius 2 is 1.65 bits per heavy atom. The molecule has 0 amide bonds. The zero-order valence-electron chi connectivity index (χ0n) is 10.6. The summed E-state index contributed by atoms with van der Waals surface area (Å²) in [6.07, 6.45) is 0. The molecule has 0 aromatic heterocycles. The number of rotatable bonds is 6. The van der Waals surface area contributed by atoms with Crippen LogP contribution in [0, 0.1) is 0 Å². The summed E-state index contributed by atoms with van der Waals surface area (Å²) in [6, 6.07) is 14.9. The lowest BCUT2D eigenvalue weighted by molar-refractivity contribution is 0.332. The molecule has 0 spiro atoms. The molecule has 0 fully saturated rings. The first-order valence-electron chi connectivity index (χ1n) is 6.02. The number of hydrogen-bond donors (Lipinski definition) is 1. The first kappa shape index (κ1) is 14.3. The van der Waals surface area contributed by atoms with Gasteiger partial charge in [0.05, 0.1) is 4.90 Å². The van der Waals surface area contributed by atoms with Crippen LogP contribution in [0.4, 0.5) is 9.57 Å². The van der Waals surface area contributed by atoms with Crippen LogP contribution < -0.4 is 10.1 Å². The highest BCUT2D eigenvalue weighted by Crippen LogP contribution is 2.17. The molecule has 0 bridgehead atoms. The number of hydrogen-bond acceptors (Lipinski definition) is 4. The largest absolute Gasteiger partial charge is 0.492 e. The van der Waals surface area contributed by atoms with Gasteiger partial charge >= 0.3 is 10.2 Å². The molecular formula is C14H14FNO3S. The molecule has 0 aliphatic carbocycles. The highest BCUT2D eigenvalue weighted by atomic mass is 32.3. The number of benzene rings is 2. The minimum atomic E-state index is -4.65. The Balaban J connectivity index is 1.80. The van der Waals surface area contributed by atoms with E-state index in [1.54, 1.807) is 0 Å². The van der Waals surface area contributed by atoms with E-state index in [0.29, 0.717) is 18.9 Å². The highest BCUT2D eigenvalue weighted by molar-refractivity contribution is 7.86. The summed E-state index contributed by atoms with van der Waals surface area (Å²) in [4.78, 5) is -0.368. The van der Waals surface area contributed by atoms with Crippen LogP contribution in [-0.2, 0) is 10.2 Å². The van der Waals surface area contributed by atoms with Gasteiger partial charge in [-0.1, -0.05) is 18.2 Å². The molecule has 0 saturated carbocycles.